The van der Waals surface area contributed by atoms with Gasteiger partial charge in [0.15, 0.2) is 5.76 Å². The number of rotatable bonds is 6. The maximum Gasteiger partial charge on any atom is 0.433 e. The van der Waals surface area contributed by atoms with Crippen LogP contribution in [0.25, 0.3) is 0 Å². The van der Waals surface area contributed by atoms with E-state index in [0.29, 0.717) is 6.61 Å². The number of nitrogens with zero attached hydrogens (tertiary/aromatic N) is 2. The Labute approximate surface area is 96.4 Å². The van der Waals surface area contributed by atoms with Crippen molar-refractivity contribution in [3.8, 4) is 0 Å². The fourth-order valence-corrected chi connectivity index (χ4v) is 0.941. The molecule has 0 unspecified atom stereocenters. The van der Waals surface area contributed by atoms with Gasteiger partial charge < -0.3 is 9.15 Å². The summed E-state index contributed by atoms with van der Waals surface area (Å²) in [5.41, 5.74) is 2.42. The van der Waals surface area contributed by atoms with E-state index in [0.717, 1.165) is 0 Å². The van der Waals surface area contributed by atoms with Gasteiger partial charge in [0, 0.05) is 0 Å². The molecule has 1 aromatic heterocycles. The molecule has 1 N–H and O–H groups in total. The molecule has 17 heavy (non-hydrogen) atoms. The number of nitro groups is 1. The van der Waals surface area contributed by atoms with E-state index in [1.54, 1.807) is 6.92 Å². The number of esters is 1. The first-order valence-electron chi connectivity index (χ1n) is 4.79. The van der Waals surface area contributed by atoms with E-state index in [1.165, 1.54) is 18.3 Å². The van der Waals surface area contributed by atoms with Gasteiger partial charge >= 0.3 is 11.9 Å². The summed E-state index contributed by atoms with van der Waals surface area (Å²) in [5.74, 6) is -0.583. The van der Waals surface area contributed by atoms with Crippen molar-refractivity contribution in [1.29, 1.82) is 0 Å². The summed E-state index contributed by atoms with van der Waals surface area (Å²) < 4.78 is 9.44. The van der Waals surface area contributed by atoms with Crippen LogP contribution in [0.15, 0.2) is 21.7 Å². The van der Waals surface area contributed by atoms with Gasteiger partial charge in [-0.1, -0.05) is 0 Å². The Morgan fingerprint density at radius 2 is 2.47 bits per heavy atom. The van der Waals surface area contributed by atoms with Gasteiger partial charge in [0.05, 0.1) is 18.9 Å². The molecule has 0 amide bonds. The first kappa shape index (κ1) is 12.7. The third kappa shape index (κ3) is 4.33. The van der Waals surface area contributed by atoms with E-state index in [-0.39, 0.29) is 18.2 Å². The van der Waals surface area contributed by atoms with Crippen LogP contribution in [0.5, 0.6) is 0 Å². The normalized spacial score (nSPS) is 10.4. The van der Waals surface area contributed by atoms with E-state index >= 15 is 0 Å². The van der Waals surface area contributed by atoms with Crippen LogP contribution in [-0.4, -0.2) is 30.3 Å². The second kappa shape index (κ2) is 6.26. The van der Waals surface area contributed by atoms with Crippen LogP contribution in [0.2, 0.25) is 0 Å². The monoisotopic (exact) mass is 241 g/mol. The van der Waals surface area contributed by atoms with Crippen LogP contribution >= 0.6 is 0 Å². The molecule has 0 aliphatic carbocycles. The van der Waals surface area contributed by atoms with Gasteiger partial charge in [0.2, 0.25) is 0 Å². The molecule has 0 aliphatic heterocycles. The van der Waals surface area contributed by atoms with E-state index in [9.17, 15) is 14.9 Å². The highest BCUT2D eigenvalue weighted by atomic mass is 16.6. The molecule has 1 aromatic rings. The van der Waals surface area contributed by atoms with Gasteiger partial charge in [-0.2, -0.15) is 5.10 Å². The quantitative estimate of drug-likeness (QED) is 0.339. The first-order chi connectivity index (χ1) is 8.13. The van der Waals surface area contributed by atoms with Crippen molar-refractivity contribution in [2.24, 2.45) is 5.10 Å². The minimum absolute atomic E-state index is 0.0762. The lowest BCUT2D eigenvalue weighted by Gasteiger charge is -1.99. The number of carbonyl (C=O) groups is 1. The summed E-state index contributed by atoms with van der Waals surface area (Å²) in [5, 5.41) is 13.9. The minimum Gasteiger partial charge on any atom is -0.465 e. The topological polar surface area (TPSA) is 107 Å². The summed E-state index contributed by atoms with van der Waals surface area (Å²) in [6.07, 6.45) is 1.23. The number of furan rings is 1. The standard InChI is InChI=1S/C9H11N3O5/c1-2-16-9(13)6-11-10-5-7-3-4-8(17-7)12(14)15/h3-5,11H,2,6H2,1H3/b10-5+. The van der Waals surface area contributed by atoms with Crippen molar-refractivity contribution in [3.05, 3.63) is 28.0 Å². The fourth-order valence-electron chi connectivity index (χ4n) is 0.941. The maximum absolute atomic E-state index is 10.9. The Morgan fingerprint density at radius 1 is 1.71 bits per heavy atom. The molecule has 0 bridgehead atoms. The predicted octanol–water partition coefficient (Wildman–Crippen LogP) is 0.674. The van der Waals surface area contributed by atoms with E-state index < -0.39 is 10.9 Å². The Morgan fingerprint density at radius 3 is 3.06 bits per heavy atom. The van der Waals surface area contributed by atoms with Crippen LogP contribution < -0.4 is 5.43 Å². The molecule has 92 valence electrons. The summed E-state index contributed by atoms with van der Waals surface area (Å²) in [4.78, 5) is 20.5. The molecular formula is C9H11N3O5. The van der Waals surface area contributed by atoms with Crippen LogP contribution in [0.1, 0.15) is 12.7 Å². The van der Waals surface area contributed by atoms with Crippen LogP contribution in [0.3, 0.4) is 0 Å². The van der Waals surface area contributed by atoms with Gasteiger partial charge in [-0.25, -0.2) is 0 Å². The molecule has 0 aliphatic rings. The smallest absolute Gasteiger partial charge is 0.433 e. The molecule has 0 saturated heterocycles. The van der Waals surface area contributed by atoms with Gasteiger partial charge in [0.25, 0.3) is 0 Å². The molecule has 1 rings (SSSR count). The van der Waals surface area contributed by atoms with Gasteiger partial charge in [-0.15, -0.1) is 0 Å². The van der Waals surface area contributed by atoms with Crippen LogP contribution in [-0.2, 0) is 9.53 Å². The first-order valence-corrected chi connectivity index (χ1v) is 4.79. The van der Waals surface area contributed by atoms with Crippen LogP contribution in [0.4, 0.5) is 5.88 Å². The van der Waals surface area contributed by atoms with Gasteiger partial charge in [0.1, 0.15) is 11.5 Å². The number of hydrogen-bond donors (Lipinski definition) is 1. The lowest BCUT2D eigenvalue weighted by atomic mass is 10.5. The zero-order chi connectivity index (χ0) is 12.7. The zero-order valence-corrected chi connectivity index (χ0v) is 9.08. The van der Waals surface area contributed by atoms with Crippen molar-refractivity contribution >= 4 is 18.1 Å². The number of nitrogens with one attached hydrogen (secondary N) is 1. The van der Waals surface area contributed by atoms with E-state index in [1.807, 2.05) is 0 Å². The average molecular weight is 241 g/mol. The van der Waals surface area contributed by atoms with Crippen molar-refractivity contribution in [1.82, 2.24) is 5.43 Å². The summed E-state index contributed by atoms with van der Waals surface area (Å²) >= 11 is 0. The lowest BCUT2D eigenvalue weighted by molar-refractivity contribution is -0.402. The molecule has 0 fully saturated rings. The van der Waals surface area contributed by atoms with Crippen LogP contribution in [0, 0.1) is 10.1 Å². The molecule has 0 spiro atoms. The van der Waals surface area contributed by atoms with E-state index in [2.05, 4.69) is 15.3 Å². The van der Waals surface area contributed by atoms with Crippen molar-refractivity contribution in [2.75, 3.05) is 13.2 Å². The molecule has 1 heterocycles. The molecule has 8 heteroatoms. The number of hydrazone groups is 1. The second-order valence-electron chi connectivity index (χ2n) is 2.83. The Hall–Kier alpha value is -2.38. The molecule has 8 nitrogen and oxygen atoms in total. The molecular weight excluding hydrogens is 230 g/mol. The molecule has 0 radical (unpaired) electrons. The summed E-state index contributed by atoms with van der Waals surface area (Å²) in [6.45, 7) is 1.92. The summed E-state index contributed by atoms with van der Waals surface area (Å²) in [6, 6.07) is 2.61. The van der Waals surface area contributed by atoms with Crippen molar-refractivity contribution < 1.29 is 18.9 Å². The zero-order valence-electron chi connectivity index (χ0n) is 9.08. The average Bonchev–Trinajstić information content (AvgIpc) is 2.73. The largest absolute Gasteiger partial charge is 0.465 e. The maximum atomic E-state index is 10.9. The Bertz CT molecular complexity index is 426. The van der Waals surface area contributed by atoms with E-state index in [4.69, 9.17) is 4.42 Å². The Kier molecular flexibility index (Phi) is 4.67. The SMILES string of the molecule is CCOC(=O)CN/N=C/c1ccc([N+](=O)[O-])o1. The lowest BCUT2D eigenvalue weighted by Crippen LogP contribution is -2.20. The molecule has 0 aromatic carbocycles. The highest BCUT2D eigenvalue weighted by molar-refractivity contribution is 5.76. The van der Waals surface area contributed by atoms with Crippen molar-refractivity contribution in [3.63, 3.8) is 0 Å². The number of hydrogen-bond acceptors (Lipinski definition) is 7. The molecule has 0 saturated carbocycles. The Balaban J connectivity index is 2.37. The van der Waals surface area contributed by atoms with Gasteiger partial charge in [-0.3, -0.25) is 20.3 Å². The third-order valence-corrected chi connectivity index (χ3v) is 1.60. The fraction of sp³-hybridized carbons (Fsp3) is 0.333. The number of carbonyl (C=O) groups excluding carboxylic acids is 1. The number of ether oxygens (including phenoxy) is 1. The second-order valence-corrected chi connectivity index (χ2v) is 2.83. The highest BCUT2D eigenvalue weighted by Crippen LogP contribution is 2.13. The molecule has 0 atom stereocenters. The predicted molar refractivity (Wildman–Crippen MR) is 57.6 cm³/mol. The van der Waals surface area contributed by atoms with Gasteiger partial charge in [-0.05, 0) is 13.0 Å². The third-order valence-electron chi connectivity index (χ3n) is 1.60. The van der Waals surface area contributed by atoms with Crippen molar-refractivity contribution in [2.45, 2.75) is 6.92 Å². The highest BCUT2D eigenvalue weighted by Gasteiger charge is 2.10. The minimum atomic E-state index is -0.649. The summed E-state index contributed by atoms with van der Waals surface area (Å²) in [7, 11) is 0.